The van der Waals surface area contributed by atoms with E-state index in [9.17, 15) is 4.79 Å². The van der Waals surface area contributed by atoms with Gasteiger partial charge in [0.25, 0.3) is 5.91 Å². The summed E-state index contributed by atoms with van der Waals surface area (Å²) in [5.41, 5.74) is 0.691. The molecule has 0 spiro atoms. The van der Waals surface area contributed by atoms with Crippen LogP contribution in [0.2, 0.25) is 0 Å². The van der Waals surface area contributed by atoms with Gasteiger partial charge in [-0.1, -0.05) is 40.9 Å². The van der Waals surface area contributed by atoms with Crippen molar-refractivity contribution in [3.8, 4) is 5.75 Å². The summed E-state index contributed by atoms with van der Waals surface area (Å²) < 4.78 is 3.66. The summed E-state index contributed by atoms with van der Waals surface area (Å²) in [6.45, 7) is 2.49. The number of anilines is 1. The SMILES string of the molecule is CCOc1ccc(N[C@H](NC(=O)c2cccs2)C(Cl)(Cl)Cl)cc1. The first-order valence-corrected chi connectivity index (χ1v) is 8.82. The van der Waals surface area contributed by atoms with Gasteiger partial charge in [-0.05, 0) is 42.6 Å². The molecule has 1 aromatic heterocycles. The fraction of sp³-hybridized carbons (Fsp3) is 0.267. The lowest BCUT2D eigenvalue weighted by Gasteiger charge is -2.27. The minimum Gasteiger partial charge on any atom is -0.494 e. The van der Waals surface area contributed by atoms with Gasteiger partial charge in [-0.15, -0.1) is 11.3 Å². The Hall–Kier alpha value is -1.14. The molecule has 0 aliphatic rings. The van der Waals surface area contributed by atoms with Crippen LogP contribution in [0.25, 0.3) is 0 Å². The van der Waals surface area contributed by atoms with Gasteiger partial charge in [0.15, 0.2) is 0 Å². The van der Waals surface area contributed by atoms with Gasteiger partial charge in [0, 0.05) is 5.69 Å². The lowest BCUT2D eigenvalue weighted by atomic mass is 10.3. The summed E-state index contributed by atoms with van der Waals surface area (Å²) in [6.07, 6.45) is -0.889. The zero-order chi connectivity index (χ0) is 16.9. The van der Waals surface area contributed by atoms with E-state index in [4.69, 9.17) is 39.5 Å². The molecule has 1 atom stereocenters. The van der Waals surface area contributed by atoms with E-state index < -0.39 is 9.96 Å². The van der Waals surface area contributed by atoms with Crippen LogP contribution in [0.3, 0.4) is 0 Å². The van der Waals surface area contributed by atoms with Crippen molar-refractivity contribution in [2.45, 2.75) is 16.9 Å². The Balaban J connectivity index is 2.08. The molecule has 0 radical (unpaired) electrons. The van der Waals surface area contributed by atoms with E-state index in [1.165, 1.54) is 11.3 Å². The van der Waals surface area contributed by atoms with Gasteiger partial charge in [0.1, 0.15) is 11.9 Å². The van der Waals surface area contributed by atoms with Crippen molar-refractivity contribution >= 4 is 57.7 Å². The Labute approximate surface area is 153 Å². The summed E-state index contributed by atoms with van der Waals surface area (Å²) in [5, 5.41) is 7.49. The number of ether oxygens (including phenoxy) is 1. The molecule has 2 rings (SSSR count). The zero-order valence-electron chi connectivity index (χ0n) is 12.2. The van der Waals surface area contributed by atoms with Crippen LogP contribution in [-0.4, -0.2) is 22.5 Å². The fourth-order valence-corrected chi connectivity index (χ4v) is 2.74. The second kappa shape index (κ2) is 8.11. The Morgan fingerprint density at radius 1 is 1.26 bits per heavy atom. The molecule has 23 heavy (non-hydrogen) atoms. The van der Waals surface area contributed by atoms with Crippen LogP contribution in [-0.2, 0) is 0 Å². The highest BCUT2D eigenvalue weighted by Gasteiger charge is 2.34. The smallest absolute Gasteiger partial charge is 0.263 e. The molecule has 0 saturated carbocycles. The molecule has 2 aromatic rings. The van der Waals surface area contributed by atoms with Gasteiger partial charge in [0.2, 0.25) is 3.79 Å². The van der Waals surface area contributed by atoms with Crippen LogP contribution in [0, 0.1) is 0 Å². The summed E-state index contributed by atoms with van der Waals surface area (Å²) in [6, 6.07) is 10.6. The van der Waals surface area contributed by atoms with Crippen molar-refractivity contribution in [1.82, 2.24) is 5.32 Å². The second-order valence-corrected chi connectivity index (χ2v) is 7.84. The summed E-state index contributed by atoms with van der Waals surface area (Å²) in [7, 11) is 0. The minimum atomic E-state index is -1.72. The average molecular weight is 394 g/mol. The monoisotopic (exact) mass is 392 g/mol. The molecule has 0 saturated heterocycles. The molecule has 0 bridgehead atoms. The molecular weight excluding hydrogens is 379 g/mol. The van der Waals surface area contributed by atoms with E-state index in [1.807, 2.05) is 6.92 Å². The summed E-state index contributed by atoms with van der Waals surface area (Å²) in [5.74, 6) is 0.431. The van der Waals surface area contributed by atoms with Gasteiger partial charge in [0.05, 0.1) is 11.5 Å². The molecule has 1 amide bonds. The van der Waals surface area contributed by atoms with Crippen LogP contribution in [0.1, 0.15) is 16.6 Å². The standard InChI is InChI=1S/C15H15Cl3N2O2S/c1-2-22-11-7-5-10(6-8-11)19-14(15(16,17)18)20-13(21)12-4-3-9-23-12/h3-9,14,19H,2H2,1H3,(H,20,21)/t14-/m1/s1. The summed E-state index contributed by atoms with van der Waals surface area (Å²) in [4.78, 5) is 12.7. The number of rotatable bonds is 6. The number of thiophene rings is 1. The third-order valence-corrected chi connectivity index (χ3v) is 4.35. The minimum absolute atomic E-state index is 0.310. The predicted octanol–water partition coefficient (Wildman–Crippen LogP) is 4.69. The van der Waals surface area contributed by atoms with Crippen LogP contribution >= 0.6 is 46.1 Å². The number of alkyl halides is 3. The molecule has 4 nitrogen and oxygen atoms in total. The predicted molar refractivity (Wildman–Crippen MR) is 97.1 cm³/mol. The van der Waals surface area contributed by atoms with E-state index in [-0.39, 0.29) is 5.91 Å². The first kappa shape index (κ1) is 18.2. The van der Waals surface area contributed by atoms with E-state index >= 15 is 0 Å². The topological polar surface area (TPSA) is 50.4 Å². The zero-order valence-corrected chi connectivity index (χ0v) is 15.3. The first-order valence-electron chi connectivity index (χ1n) is 6.80. The number of hydrogen-bond acceptors (Lipinski definition) is 4. The molecule has 0 fully saturated rings. The van der Waals surface area contributed by atoms with Gasteiger partial charge < -0.3 is 15.4 Å². The van der Waals surface area contributed by atoms with Crippen LogP contribution in [0.4, 0.5) is 5.69 Å². The third kappa shape index (κ3) is 5.46. The van der Waals surface area contributed by atoms with Crippen molar-refractivity contribution in [3.05, 3.63) is 46.7 Å². The number of carbonyl (C=O) groups is 1. The molecule has 1 aromatic carbocycles. The highest BCUT2D eigenvalue weighted by atomic mass is 35.6. The molecule has 0 aliphatic heterocycles. The van der Waals surface area contributed by atoms with Gasteiger partial charge in [-0.3, -0.25) is 4.79 Å². The number of nitrogens with one attached hydrogen (secondary N) is 2. The maximum atomic E-state index is 12.2. The lowest BCUT2D eigenvalue weighted by Crippen LogP contribution is -2.48. The van der Waals surface area contributed by atoms with Crippen molar-refractivity contribution in [1.29, 1.82) is 0 Å². The maximum Gasteiger partial charge on any atom is 0.263 e. The van der Waals surface area contributed by atoms with Crippen molar-refractivity contribution in [2.24, 2.45) is 0 Å². The molecule has 0 unspecified atom stereocenters. The Morgan fingerprint density at radius 2 is 1.96 bits per heavy atom. The Bertz CT molecular complexity index is 627. The maximum absolute atomic E-state index is 12.2. The highest BCUT2D eigenvalue weighted by molar-refractivity contribution is 7.12. The molecule has 1 heterocycles. The lowest BCUT2D eigenvalue weighted by molar-refractivity contribution is 0.0946. The van der Waals surface area contributed by atoms with E-state index in [0.29, 0.717) is 17.2 Å². The third-order valence-electron chi connectivity index (χ3n) is 2.82. The number of benzene rings is 1. The van der Waals surface area contributed by atoms with Crippen LogP contribution in [0.15, 0.2) is 41.8 Å². The van der Waals surface area contributed by atoms with Gasteiger partial charge in [-0.2, -0.15) is 0 Å². The molecule has 8 heteroatoms. The van der Waals surface area contributed by atoms with E-state index in [2.05, 4.69) is 10.6 Å². The number of amides is 1. The van der Waals surface area contributed by atoms with Crippen molar-refractivity contribution in [3.63, 3.8) is 0 Å². The molecule has 0 aliphatic carbocycles. The number of halogens is 3. The molecule has 2 N–H and O–H groups in total. The normalized spacial score (nSPS) is 12.5. The molecular formula is C15H15Cl3N2O2S. The Kier molecular flexibility index (Phi) is 6.41. The van der Waals surface area contributed by atoms with Gasteiger partial charge in [-0.25, -0.2) is 0 Å². The average Bonchev–Trinajstić information content (AvgIpc) is 3.02. The van der Waals surface area contributed by atoms with E-state index in [1.54, 1.807) is 41.8 Å². The van der Waals surface area contributed by atoms with Crippen LogP contribution < -0.4 is 15.4 Å². The largest absolute Gasteiger partial charge is 0.494 e. The van der Waals surface area contributed by atoms with Crippen molar-refractivity contribution in [2.75, 3.05) is 11.9 Å². The Morgan fingerprint density at radius 3 is 2.48 bits per heavy atom. The highest BCUT2D eigenvalue weighted by Crippen LogP contribution is 2.31. The van der Waals surface area contributed by atoms with E-state index in [0.717, 1.165) is 5.75 Å². The number of carbonyl (C=O) groups excluding carboxylic acids is 1. The summed E-state index contributed by atoms with van der Waals surface area (Å²) >= 11 is 19.2. The van der Waals surface area contributed by atoms with Crippen LogP contribution in [0.5, 0.6) is 5.75 Å². The van der Waals surface area contributed by atoms with Crippen molar-refractivity contribution < 1.29 is 9.53 Å². The van der Waals surface area contributed by atoms with Gasteiger partial charge >= 0.3 is 0 Å². The first-order chi connectivity index (χ1) is 10.9. The second-order valence-electron chi connectivity index (χ2n) is 4.53. The molecule has 124 valence electrons. The number of hydrogen-bond donors (Lipinski definition) is 2. The fourth-order valence-electron chi connectivity index (χ4n) is 1.79. The quantitative estimate of drug-likeness (QED) is 0.553.